The number of hydrogen-bond donors (Lipinski definition) is 0. The van der Waals surface area contributed by atoms with Gasteiger partial charge in [0.05, 0.1) is 5.56 Å². The average Bonchev–Trinajstić information content (AvgIpc) is 2.64. The first-order valence-electron chi connectivity index (χ1n) is 8.97. The largest absolute Gasteiger partial charge is 0.488 e. The number of rotatable bonds is 7. The zero-order chi connectivity index (χ0) is 20.4. The highest BCUT2D eigenvalue weighted by Gasteiger charge is 2.13. The smallest absolute Gasteiger partial charge is 0.132 e. The van der Waals surface area contributed by atoms with Crippen molar-refractivity contribution in [3.8, 4) is 5.75 Å². The van der Waals surface area contributed by atoms with Gasteiger partial charge in [0.1, 0.15) is 29.8 Å². The highest BCUT2D eigenvalue weighted by Crippen LogP contribution is 2.30. The van der Waals surface area contributed by atoms with Gasteiger partial charge in [-0.15, -0.1) is 5.73 Å². The van der Waals surface area contributed by atoms with Crippen LogP contribution in [0.5, 0.6) is 5.75 Å². The quantitative estimate of drug-likeness (QED) is 0.525. The lowest BCUT2D eigenvalue weighted by molar-refractivity contribution is -0.116. The first-order valence-corrected chi connectivity index (χ1v) is 8.97. The third kappa shape index (κ3) is 6.50. The van der Waals surface area contributed by atoms with Crippen LogP contribution in [0.15, 0.2) is 48.7 Å². The maximum atomic E-state index is 13.8. The number of ketones is 1. The molecule has 0 saturated carbocycles. The van der Waals surface area contributed by atoms with Gasteiger partial charge in [-0.1, -0.05) is 38.1 Å². The molecule has 0 radical (unpaired) electrons. The lowest BCUT2D eigenvalue weighted by atomic mass is 9.98. The minimum Gasteiger partial charge on any atom is -0.488 e. The van der Waals surface area contributed by atoms with E-state index in [1.165, 1.54) is 25.1 Å². The third-order valence-electron chi connectivity index (χ3n) is 3.83. The third-order valence-corrected chi connectivity index (χ3v) is 3.83. The van der Waals surface area contributed by atoms with E-state index in [1.807, 2.05) is 32.9 Å². The van der Waals surface area contributed by atoms with Crippen LogP contribution >= 0.6 is 0 Å². The van der Waals surface area contributed by atoms with Crippen LogP contribution in [0.2, 0.25) is 0 Å². The summed E-state index contributed by atoms with van der Waals surface area (Å²) >= 11 is 0. The van der Waals surface area contributed by atoms with Crippen LogP contribution in [-0.4, -0.2) is 5.78 Å². The molecule has 0 heterocycles. The molecule has 0 aliphatic rings. The Hall–Kier alpha value is -2.71. The van der Waals surface area contributed by atoms with Gasteiger partial charge in [-0.25, -0.2) is 8.78 Å². The molecule has 0 atom stereocenters. The molecule has 2 nitrogen and oxygen atoms in total. The second kappa shape index (κ2) is 11.1. The van der Waals surface area contributed by atoms with E-state index in [0.29, 0.717) is 18.6 Å². The van der Waals surface area contributed by atoms with Crippen LogP contribution in [0.4, 0.5) is 8.78 Å². The van der Waals surface area contributed by atoms with Crippen LogP contribution in [0.3, 0.4) is 0 Å². The van der Waals surface area contributed by atoms with E-state index in [9.17, 15) is 13.6 Å². The molecule has 0 bridgehead atoms. The van der Waals surface area contributed by atoms with Gasteiger partial charge in [0.2, 0.25) is 0 Å². The zero-order valence-electron chi connectivity index (χ0n) is 16.4. The van der Waals surface area contributed by atoms with Crippen molar-refractivity contribution in [1.82, 2.24) is 0 Å². The Labute approximate surface area is 160 Å². The van der Waals surface area contributed by atoms with Gasteiger partial charge in [0.15, 0.2) is 0 Å². The molecule has 0 aromatic heterocycles. The second-order valence-electron chi connectivity index (χ2n) is 5.85. The van der Waals surface area contributed by atoms with Crippen molar-refractivity contribution in [3.63, 3.8) is 0 Å². The van der Waals surface area contributed by atoms with Gasteiger partial charge in [-0.3, -0.25) is 0 Å². The Morgan fingerprint density at radius 1 is 1.11 bits per heavy atom. The molecule has 144 valence electrons. The van der Waals surface area contributed by atoms with Crippen molar-refractivity contribution in [3.05, 3.63) is 77.0 Å². The fourth-order valence-corrected chi connectivity index (χ4v) is 2.44. The molecular formula is C23H26F2O2. The summed E-state index contributed by atoms with van der Waals surface area (Å²) in [6.45, 7) is 10.9. The zero-order valence-corrected chi connectivity index (χ0v) is 16.4. The molecule has 0 fully saturated rings. The summed E-state index contributed by atoms with van der Waals surface area (Å²) in [5.74, 6) is -0.756. The number of aryl methyl sites for hydroxylation is 1. The lowest BCUT2D eigenvalue weighted by Crippen LogP contribution is -2.04. The molecular weight excluding hydrogens is 346 g/mol. The monoisotopic (exact) mass is 372 g/mol. The van der Waals surface area contributed by atoms with Gasteiger partial charge in [0.25, 0.3) is 0 Å². The van der Waals surface area contributed by atoms with Crippen molar-refractivity contribution in [2.24, 2.45) is 0 Å². The van der Waals surface area contributed by atoms with Crippen LogP contribution in [0.25, 0.3) is 5.57 Å². The van der Waals surface area contributed by atoms with Crippen molar-refractivity contribution in [2.75, 3.05) is 0 Å². The predicted octanol–water partition coefficient (Wildman–Crippen LogP) is 6.42. The van der Waals surface area contributed by atoms with Crippen molar-refractivity contribution in [1.29, 1.82) is 0 Å². The molecule has 27 heavy (non-hydrogen) atoms. The number of allylic oxidation sites excluding steroid dienone is 1. The first-order chi connectivity index (χ1) is 12.9. The SMILES string of the molecule is C=C=C(CCC(C)=O)c1cc(C)ccc1OCc1c(F)cccc1F.CC. The van der Waals surface area contributed by atoms with Crippen LogP contribution in [0.1, 0.15) is 50.3 Å². The summed E-state index contributed by atoms with van der Waals surface area (Å²) in [7, 11) is 0. The van der Waals surface area contributed by atoms with Crippen molar-refractivity contribution in [2.45, 2.75) is 47.1 Å². The first kappa shape index (κ1) is 22.3. The van der Waals surface area contributed by atoms with E-state index in [1.54, 1.807) is 6.07 Å². The summed E-state index contributed by atoms with van der Waals surface area (Å²) in [6, 6.07) is 9.18. The molecule has 0 aliphatic heterocycles. The predicted molar refractivity (Wildman–Crippen MR) is 106 cm³/mol. The Kier molecular flexibility index (Phi) is 9.18. The van der Waals surface area contributed by atoms with Gasteiger partial charge >= 0.3 is 0 Å². The minimum atomic E-state index is -0.648. The number of benzene rings is 2. The Morgan fingerprint density at radius 3 is 2.30 bits per heavy atom. The van der Waals surface area contributed by atoms with Gasteiger partial charge < -0.3 is 9.53 Å². The molecule has 0 unspecified atom stereocenters. The number of carbonyl (C=O) groups excluding carboxylic acids is 1. The standard InChI is InChI=1S/C21H20F2O2.C2H6/c1-4-16(10-9-15(3)24)17-12-14(2)8-11-21(17)25-13-18-19(22)6-5-7-20(18)23;1-2/h5-8,11-12H,1,9-10,13H2,2-3H3;1-2H3. The fourth-order valence-electron chi connectivity index (χ4n) is 2.44. The van der Waals surface area contributed by atoms with Crippen molar-refractivity contribution >= 4 is 11.4 Å². The van der Waals surface area contributed by atoms with E-state index < -0.39 is 11.6 Å². The summed E-state index contributed by atoms with van der Waals surface area (Å²) in [5.41, 5.74) is 5.19. The van der Waals surface area contributed by atoms with E-state index in [4.69, 9.17) is 4.74 Å². The van der Waals surface area contributed by atoms with Gasteiger partial charge in [-0.2, -0.15) is 0 Å². The Bertz CT molecular complexity index is 814. The number of Topliss-reactive ketones (excluding diaryl/α,β-unsaturated/α-hetero) is 1. The molecule has 0 N–H and O–H groups in total. The van der Waals surface area contributed by atoms with Crippen molar-refractivity contribution < 1.29 is 18.3 Å². The molecule has 0 aliphatic carbocycles. The van der Waals surface area contributed by atoms with E-state index in [2.05, 4.69) is 12.3 Å². The number of hydrogen-bond acceptors (Lipinski definition) is 2. The highest BCUT2D eigenvalue weighted by atomic mass is 19.1. The number of halogens is 2. The van der Waals surface area contributed by atoms with Crippen LogP contribution in [-0.2, 0) is 11.4 Å². The van der Waals surface area contributed by atoms with Gasteiger partial charge in [0, 0.05) is 17.6 Å². The molecule has 2 rings (SSSR count). The fraction of sp³-hybridized carbons (Fsp3) is 0.304. The molecule has 0 saturated heterocycles. The van der Waals surface area contributed by atoms with E-state index in [0.717, 1.165) is 16.7 Å². The average molecular weight is 372 g/mol. The van der Waals surface area contributed by atoms with Gasteiger partial charge in [-0.05, 0) is 44.5 Å². The Balaban J connectivity index is 0.00000176. The van der Waals surface area contributed by atoms with Crippen LogP contribution < -0.4 is 4.74 Å². The molecule has 4 heteroatoms. The summed E-state index contributed by atoms with van der Waals surface area (Å²) in [6.07, 6.45) is 0.847. The summed E-state index contributed by atoms with van der Waals surface area (Å²) < 4.78 is 33.2. The number of carbonyl (C=O) groups is 1. The van der Waals surface area contributed by atoms with Crippen LogP contribution in [0, 0.1) is 18.6 Å². The summed E-state index contributed by atoms with van der Waals surface area (Å²) in [5, 5.41) is 0. The second-order valence-corrected chi connectivity index (χ2v) is 5.85. The summed E-state index contributed by atoms with van der Waals surface area (Å²) in [4.78, 5) is 11.3. The highest BCUT2D eigenvalue weighted by molar-refractivity contribution is 5.79. The molecule has 2 aromatic carbocycles. The Morgan fingerprint density at radius 2 is 1.74 bits per heavy atom. The maximum Gasteiger partial charge on any atom is 0.132 e. The normalized spacial score (nSPS) is 9.70. The molecule has 0 amide bonds. The topological polar surface area (TPSA) is 26.3 Å². The molecule has 0 spiro atoms. The molecule has 2 aromatic rings. The maximum absolute atomic E-state index is 13.8. The van der Waals surface area contributed by atoms with E-state index >= 15 is 0 Å². The lowest BCUT2D eigenvalue weighted by Gasteiger charge is -2.14. The number of ether oxygens (including phenoxy) is 1. The minimum absolute atomic E-state index is 0.0660. The van der Waals surface area contributed by atoms with E-state index in [-0.39, 0.29) is 18.0 Å².